The highest BCUT2D eigenvalue weighted by atomic mass is 19.2. The molecule has 1 atom stereocenters. The van der Waals surface area contributed by atoms with Gasteiger partial charge in [-0.1, -0.05) is 0 Å². The lowest BCUT2D eigenvalue weighted by Crippen LogP contribution is -2.36. The fraction of sp³-hybridized carbons (Fsp3) is 0.385. The standard InChI is InChI=1S/C13H15F3N2O3/c1-7(3-2-4-11(19)20)17-13(21)18-8-5-9(14)12(16)10(15)6-8/h5-7H,2-4H2,1H3,(H,19,20)(H2,17,18,21). The number of hydrogen-bond acceptors (Lipinski definition) is 2. The quantitative estimate of drug-likeness (QED) is 0.707. The van der Waals surface area contributed by atoms with Crippen molar-refractivity contribution in [3.63, 3.8) is 0 Å². The molecule has 0 spiro atoms. The molecule has 1 aromatic rings. The molecule has 0 aliphatic carbocycles. The lowest BCUT2D eigenvalue weighted by Gasteiger charge is -2.14. The van der Waals surface area contributed by atoms with Crippen LogP contribution in [0, 0.1) is 17.5 Å². The normalized spacial score (nSPS) is 11.8. The first-order chi connectivity index (χ1) is 9.79. The van der Waals surface area contributed by atoms with Crippen LogP contribution in [0.15, 0.2) is 12.1 Å². The van der Waals surface area contributed by atoms with Gasteiger partial charge >= 0.3 is 12.0 Å². The largest absolute Gasteiger partial charge is 0.481 e. The van der Waals surface area contributed by atoms with Gasteiger partial charge in [0.25, 0.3) is 0 Å². The van der Waals surface area contributed by atoms with Crippen LogP contribution in [0.5, 0.6) is 0 Å². The van der Waals surface area contributed by atoms with Gasteiger partial charge in [0, 0.05) is 30.3 Å². The third-order valence-corrected chi connectivity index (χ3v) is 2.65. The predicted octanol–water partition coefficient (Wildman–Crippen LogP) is 2.87. The van der Waals surface area contributed by atoms with E-state index in [9.17, 15) is 22.8 Å². The molecule has 0 fully saturated rings. The molecular weight excluding hydrogens is 289 g/mol. The summed E-state index contributed by atoms with van der Waals surface area (Å²) in [6.45, 7) is 1.66. The second-order valence-corrected chi connectivity index (χ2v) is 4.54. The maximum Gasteiger partial charge on any atom is 0.319 e. The van der Waals surface area contributed by atoms with Gasteiger partial charge < -0.3 is 15.7 Å². The minimum absolute atomic E-state index is 0.0119. The van der Waals surface area contributed by atoms with Crippen LogP contribution in [0.25, 0.3) is 0 Å². The maximum absolute atomic E-state index is 13.0. The van der Waals surface area contributed by atoms with Crippen LogP contribution >= 0.6 is 0 Å². The number of rotatable bonds is 6. The topological polar surface area (TPSA) is 78.4 Å². The summed E-state index contributed by atoms with van der Waals surface area (Å²) in [4.78, 5) is 21.9. The summed E-state index contributed by atoms with van der Waals surface area (Å²) in [5.41, 5.74) is -0.221. The molecule has 5 nitrogen and oxygen atoms in total. The number of carbonyl (C=O) groups is 2. The Hall–Kier alpha value is -2.25. The summed E-state index contributed by atoms with van der Waals surface area (Å²) < 4.78 is 38.6. The van der Waals surface area contributed by atoms with Gasteiger partial charge in [-0.2, -0.15) is 0 Å². The number of aliphatic carboxylic acids is 1. The molecule has 2 amide bonds. The number of benzene rings is 1. The minimum Gasteiger partial charge on any atom is -0.481 e. The number of hydrogen-bond donors (Lipinski definition) is 3. The average Bonchev–Trinajstić information content (AvgIpc) is 2.35. The van der Waals surface area contributed by atoms with Crippen molar-refractivity contribution in [3.8, 4) is 0 Å². The number of carboxylic acids is 1. The van der Waals surface area contributed by atoms with Crippen molar-refractivity contribution >= 4 is 17.7 Å². The molecular formula is C13H15F3N2O3. The molecule has 0 aromatic heterocycles. The van der Waals surface area contributed by atoms with E-state index in [1.165, 1.54) is 0 Å². The van der Waals surface area contributed by atoms with Gasteiger partial charge in [0.15, 0.2) is 17.5 Å². The molecule has 0 saturated heterocycles. The SMILES string of the molecule is CC(CCCC(=O)O)NC(=O)Nc1cc(F)c(F)c(F)c1. The Kier molecular flexibility index (Phi) is 6.01. The molecule has 116 valence electrons. The van der Waals surface area contributed by atoms with Crippen molar-refractivity contribution in [1.82, 2.24) is 5.32 Å². The van der Waals surface area contributed by atoms with Crippen LogP contribution in [-0.2, 0) is 4.79 Å². The third kappa shape index (κ3) is 5.72. The van der Waals surface area contributed by atoms with Gasteiger partial charge in [-0.05, 0) is 19.8 Å². The first-order valence-corrected chi connectivity index (χ1v) is 6.23. The van der Waals surface area contributed by atoms with Gasteiger partial charge in [0.2, 0.25) is 0 Å². The summed E-state index contributed by atoms with van der Waals surface area (Å²) >= 11 is 0. The fourth-order valence-electron chi connectivity index (χ4n) is 1.65. The van der Waals surface area contributed by atoms with Crippen molar-refractivity contribution in [1.29, 1.82) is 0 Å². The van der Waals surface area contributed by atoms with Crippen LogP contribution < -0.4 is 10.6 Å². The Balaban J connectivity index is 2.48. The van der Waals surface area contributed by atoms with E-state index in [0.717, 1.165) is 0 Å². The van der Waals surface area contributed by atoms with E-state index >= 15 is 0 Å². The highest BCUT2D eigenvalue weighted by Gasteiger charge is 2.13. The molecule has 0 radical (unpaired) electrons. The summed E-state index contributed by atoms with van der Waals surface area (Å²) in [5, 5.41) is 13.1. The number of carbonyl (C=O) groups excluding carboxylic acids is 1. The highest BCUT2D eigenvalue weighted by molar-refractivity contribution is 5.89. The Morgan fingerprint density at radius 2 is 1.81 bits per heavy atom. The number of anilines is 1. The number of urea groups is 1. The molecule has 8 heteroatoms. The zero-order chi connectivity index (χ0) is 16.0. The summed E-state index contributed by atoms with van der Waals surface area (Å²) in [7, 11) is 0. The van der Waals surface area contributed by atoms with Crippen molar-refractivity contribution in [2.24, 2.45) is 0 Å². The lowest BCUT2D eigenvalue weighted by atomic mass is 10.1. The second-order valence-electron chi connectivity index (χ2n) is 4.54. The van der Waals surface area contributed by atoms with Crippen molar-refractivity contribution < 1.29 is 27.9 Å². The number of halogens is 3. The van der Waals surface area contributed by atoms with Crippen molar-refractivity contribution in [3.05, 3.63) is 29.6 Å². The van der Waals surface area contributed by atoms with Gasteiger partial charge in [0.1, 0.15) is 0 Å². The maximum atomic E-state index is 13.0. The molecule has 0 saturated carbocycles. The predicted molar refractivity (Wildman–Crippen MR) is 69.4 cm³/mol. The van der Waals surface area contributed by atoms with Crippen LogP contribution in [0.3, 0.4) is 0 Å². The lowest BCUT2D eigenvalue weighted by molar-refractivity contribution is -0.137. The number of nitrogens with one attached hydrogen (secondary N) is 2. The molecule has 0 bridgehead atoms. The van der Waals surface area contributed by atoms with E-state index in [0.29, 0.717) is 25.0 Å². The smallest absolute Gasteiger partial charge is 0.319 e. The van der Waals surface area contributed by atoms with Gasteiger partial charge in [-0.3, -0.25) is 4.79 Å². The fourth-order valence-corrected chi connectivity index (χ4v) is 1.65. The van der Waals surface area contributed by atoms with Crippen LogP contribution in [0.4, 0.5) is 23.7 Å². The molecule has 3 N–H and O–H groups in total. The average molecular weight is 304 g/mol. The molecule has 1 unspecified atom stereocenters. The van der Waals surface area contributed by atoms with Gasteiger partial charge in [-0.25, -0.2) is 18.0 Å². The van der Waals surface area contributed by atoms with E-state index in [4.69, 9.17) is 5.11 Å². The minimum atomic E-state index is -1.61. The summed E-state index contributed by atoms with van der Waals surface area (Å²) in [6.07, 6.45) is 0.810. The summed E-state index contributed by atoms with van der Waals surface area (Å²) in [6, 6.07) is 0.280. The monoisotopic (exact) mass is 304 g/mol. The molecule has 1 rings (SSSR count). The molecule has 0 heterocycles. The van der Waals surface area contributed by atoms with E-state index in [1.54, 1.807) is 6.92 Å². The zero-order valence-electron chi connectivity index (χ0n) is 11.3. The Morgan fingerprint density at radius 3 is 2.33 bits per heavy atom. The van der Waals surface area contributed by atoms with Crippen LogP contribution in [0.2, 0.25) is 0 Å². The Bertz CT molecular complexity index is 514. The van der Waals surface area contributed by atoms with Gasteiger partial charge in [0.05, 0.1) is 0 Å². The second kappa shape index (κ2) is 7.51. The van der Waals surface area contributed by atoms with Gasteiger partial charge in [-0.15, -0.1) is 0 Å². The van der Waals surface area contributed by atoms with Crippen LogP contribution in [-0.4, -0.2) is 23.1 Å². The molecule has 21 heavy (non-hydrogen) atoms. The Morgan fingerprint density at radius 1 is 1.24 bits per heavy atom. The summed E-state index contributed by atoms with van der Waals surface area (Å²) in [5.74, 6) is -5.34. The van der Waals surface area contributed by atoms with Crippen molar-refractivity contribution in [2.75, 3.05) is 5.32 Å². The highest BCUT2D eigenvalue weighted by Crippen LogP contribution is 2.17. The van der Waals surface area contributed by atoms with E-state index in [2.05, 4.69) is 10.6 Å². The van der Waals surface area contributed by atoms with Crippen LogP contribution in [0.1, 0.15) is 26.2 Å². The number of carboxylic acid groups (broad SMARTS) is 1. The van der Waals surface area contributed by atoms with E-state index in [-0.39, 0.29) is 18.2 Å². The Labute approximate surface area is 119 Å². The molecule has 0 aliphatic heterocycles. The first kappa shape index (κ1) is 16.8. The van der Waals surface area contributed by atoms with E-state index in [1.807, 2.05) is 0 Å². The van der Waals surface area contributed by atoms with Crippen molar-refractivity contribution in [2.45, 2.75) is 32.2 Å². The van der Waals surface area contributed by atoms with E-state index < -0.39 is 29.5 Å². The first-order valence-electron chi connectivity index (χ1n) is 6.23. The molecule has 0 aliphatic rings. The molecule has 1 aromatic carbocycles. The third-order valence-electron chi connectivity index (χ3n) is 2.65. The zero-order valence-corrected chi connectivity index (χ0v) is 11.3. The number of amides is 2.